The summed E-state index contributed by atoms with van der Waals surface area (Å²) in [6.45, 7) is 1.92. The smallest absolute Gasteiger partial charge is 0.266 e. The van der Waals surface area contributed by atoms with Gasteiger partial charge in [-0.1, -0.05) is 0 Å². The van der Waals surface area contributed by atoms with Gasteiger partial charge in [0.1, 0.15) is 0 Å². The molecule has 1 amide bonds. The highest BCUT2D eigenvalue weighted by Gasteiger charge is 2.13. The number of anilines is 1. The third-order valence-corrected chi connectivity index (χ3v) is 3.84. The number of aromatic nitrogens is 3. The summed E-state index contributed by atoms with van der Waals surface area (Å²) in [5.74, 6) is 0.471. The monoisotopic (exact) mass is 284 g/mol. The third kappa shape index (κ3) is 2.33. The second kappa shape index (κ2) is 5.26. The lowest BCUT2D eigenvalue weighted by Crippen LogP contribution is -2.14. The molecule has 0 aromatic carbocycles. The maximum atomic E-state index is 12.3. The summed E-state index contributed by atoms with van der Waals surface area (Å²) in [7, 11) is 0. The standard InChI is InChI=1S/C14H12N4OS/c1-10-5-9-20-12(10)14(19)17-11-4-2-6-15-13(11)18-8-3-7-16-18/h2-9H,1H3,(H,17,19). The fourth-order valence-electron chi connectivity index (χ4n) is 1.86. The lowest BCUT2D eigenvalue weighted by Gasteiger charge is -2.09. The zero-order valence-electron chi connectivity index (χ0n) is 10.8. The zero-order valence-corrected chi connectivity index (χ0v) is 11.6. The maximum absolute atomic E-state index is 12.3. The molecule has 0 spiro atoms. The summed E-state index contributed by atoms with van der Waals surface area (Å²) in [6, 6.07) is 7.33. The van der Waals surface area contributed by atoms with E-state index in [2.05, 4.69) is 15.4 Å². The minimum absolute atomic E-state index is 0.126. The van der Waals surface area contributed by atoms with Crippen LogP contribution in [0.3, 0.4) is 0 Å². The number of hydrogen-bond acceptors (Lipinski definition) is 4. The Balaban J connectivity index is 1.92. The van der Waals surface area contributed by atoms with Crippen LogP contribution in [0.25, 0.3) is 5.82 Å². The molecule has 0 fully saturated rings. The molecule has 3 aromatic rings. The molecule has 0 aliphatic rings. The Labute approximate surface area is 119 Å². The minimum Gasteiger partial charge on any atom is -0.318 e. The first-order chi connectivity index (χ1) is 9.75. The summed E-state index contributed by atoms with van der Waals surface area (Å²) in [4.78, 5) is 17.2. The first-order valence-electron chi connectivity index (χ1n) is 6.06. The molecule has 0 radical (unpaired) electrons. The van der Waals surface area contributed by atoms with Gasteiger partial charge in [0.15, 0.2) is 5.82 Å². The quantitative estimate of drug-likeness (QED) is 0.804. The van der Waals surface area contributed by atoms with Crippen LogP contribution in [-0.4, -0.2) is 20.7 Å². The first-order valence-corrected chi connectivity index (χ1v) is 6.94. The Bertz CT molecular complexity index is 733. The van der Waals surface area contributed by atoms with Crippen LogP contribution in [0, 0.1) is 6.92 Å². The number of aryl methyl sites for hydroxylation is 1. The van der Waals surface area contributed by atoms with Crippen LogP contribution in [-0.2, 0) is 0 Å². The SMILES string of the molecule is Cc1ccsc1C(=O)Nc1cccnc1-n1cccn1. The Hall–Kier alpha value is -2.47. The Morgan fingerprint density at radius 3 is 2.90 bits per heavy atom. The molecule has 0 saturated carbocycles. The van der Waals surface area contributed by atoms with Crippen LogP contribution in [0.5, 0.6) is 0 Å². The highest BCUT2D eigenvalue weighted by Crippen LogP contribution is 2.20. The van der Waals surface area contributed by atoms with E-state index in [1.807, 2.05) is 30.5 Å². The van der Waals surface area contributed by atoms with Crippen molar-refractivity contribution in [2.45, 2.75) is 6.92 Å². The number of thiophene rings is 1. The van der Waals surface area contributed by atoms with Crippen molar-refractivity contribution in [1.29, 1.82) is 0 Å². The summed E-state index contributed by atoms with van der Waals surface area (Å²) in [5.41, 5.74) is 1.60. The van der Waals surface area contributed by atoms with E-state index in [9.17, 15) is 4.79 Å². The van der Waals surface area contributed by atoms with Gasteiger partial charge in [0.05, 0.1) is 10.6 Å². The van der Waals surface area contributed by atoms with Gasteiger partial charge in [0.25, 0.3) is 5.91 Å². The van der Waals surface area contributed by atoms with Crippen molar-refractivity contribution in [3.8, 4) is 5.82 Å². The average Bonchev–Trinajstić information content (AvgIpc) is 3.10. The Morgan fingerprint density at radius 1 is 1.30 bits per heavy atom. The topological polar surface area (TPSA) is 59.8 Å². The molecule has 3 rings (SSSR count). The number of pyridine rings is 1. The van der Waals surface area contributed by atoms with E-state index in [0.717, 1.165) is 5.56 Å². The largest absolute Gasteiger partial charge is 0.318 e. The lowest BCUT2D eigenvalue weighted by molar-refractivity contribution is 0.103. The summed E-state index contributed by atoms with van der Waals surface area (Å²) in [6.07, 6.45) is 5.13. The Morgan fingerprint density at radius 2 is 2.20 bits per heavy atom. The van der Waals surface area contributed by atoms with E-state index in [1.54, 1.807) is 29.3 Å². The number of rotatable bonds is 3. The maximum Gasteiger partial charge on any atom is 0.266 e. The van der Waals surface area contributed by atoms with E-state index in [-0.39, 0.29) is 5.91 Å². The summed E-state index contributed by atoms with van der Waals surface area (Å²) >= 11 is 1.43. The van der Waals surface area contributed by atoms with E-state index in [0.29, 0.717) is 16.4 Å². The summed E-state index contributed by atoms with van der Waals surface area (Å²) < 4.78 is 1.62. The number of carbonyl (C=O) groups excluding carboxylic acids is 1. The van der Waals surface area contributed by atoms with Crippen molar-refractivity contribution >= 4 is 22.9 Å². The van der Waals surface area contributed by atoms with Crippen LogP contribution < -0.4 is 5.32 Å². The van der Waals surface area contributed by atoms with Crippen molar-refractivity contribution in [2.75, 3.05) is 5.32 Å². The van der Waals surface area contributed by atoms with Gasteiger partial charge < -0.3 is 5.32 Å². The van der Waals surface area contributed by atoms with Crippen LogP contribution >= 0.6 is 11.3 Å². The third-order valence-electron chi connectivity index (χ3n) is 2.82. The van der Waals surface area contributed by atoms with Gasteiger partial charge in [-0.25, -0.2) is 9.67 Å². The Kier molecular flexibility index (Phi) is 3.30. The van der Waals surface area contributed by atoms with Crippen molar-refractivity contribution < 1.29 is 4.79 Å². The molecule has 1 N–H and O–H groups in total. The van der Waals surface area contributed by atoms with E-state index >= 15 is 0 Å². The molecule has 20 heavy (non-hydrogen) atoms. The fourth-order valence-corrected chi connectivity index (χ4v) is 2.68. The van der Waals surface area contributed by atoms with E-state index < -0.39 is 0 Å². The second-order valence-electron chi connectivity index (χ2n) is 4.21. The molecule has 0 bridgehead atoms. The molecular formula is C14H12N4OS. The number of hydrogen-bond donors (Lipinski definition) is 1. The average molecular weight is 284 g/mol. The number of nitrogens with zero attached hydrogens (tertiary/aromatic N) is 3. The molecule has 100 valence electrons. The molecule has 3 aromatic heterocycles. The van der Waals surface area contributed by atoms with Crippen molar-refractivity contribution in [1.82, 2.24) is 14.8 Å². The predicted octanol–water partition coefficient (Wildman–Crippen LogP) is 2.89. The van der Waals surface area contributed by atoms with Gasteiger partial charge in [-0.3, -0.25) is 4.79 Å². The highest BCUT2D eigenvalue weighted by atomic mass is 32.1. The van der Waals surface area contributed by atoms with Crippen molar-refractivity contribution in [2.24, 2.45) is 0 Å². The van der Waals surface area contributed by atoms with Gasteiger partial charge in [0.2, 0.25) is 0 Å². The minimum atomic E-state index is -0.126. The molecular weight excluding hydrogens is 272 g/mol. The van der Waals surface area contributed by atoms with E-state index in [1.165, 1.54) is 11.3 Å². The van der Waals surface area contributed by atoms with Crippen LogP contribution in [0.15, 0.2) is 48.2 Å². The molecule has 3 heterocycles. The van der Waals surface area contributed by atoms with Crippen LogP contribution in [0.2, 0.25) is 0 Å². The van der Waals surface area contributed by atoms with Gasteiger partial charge in [-0.05, 0) is 42.1 Å². The highest BCUT2D eigenvalue weighted by molar-refractivity contribution is 7.12. The van der Waals surface area contributed by atoms with Gasteiger partial charge in [-0.15, -0.1) is 11.3 Å². The number of carbonyl (C=O) groups is 1. The molecule has 0 saturated heterocycles. The lowest BCUT2D eigenvalue weighted by atomic mass is 10.2. The van der Waals surface area contributed by atoms with Gasteiger partial charge in [-0.2, -0.15) is 5.10 Å². The van der Waals surface area contributed by atoms with Crippen molar-refractivity contribution in [3.05, 3.63) is 58.7 Å². The van der Waals surface area contributed by atoms with Crippen LogP contribution in [0.1, 0.15) is 15.2 Å². The van der Waals surface area contributed by atoms with Crippen molar-refractivity contribution in [3.63, 3.8) is 0 Å². The first kappa shape index (κ1) is 12.6. The molecule has 5 nitrogen and oxygen atoms in total. The predicted molar refractivity (Wildman–Crippen MR) is 78.4 cm³/mol. The zero-order chi connectivity index (χ0) is 13.9. The van der Waals surface area contributed by atoms with E-state index in [4.69, 9.17) is 0 Å². The van der Waals surface area contributed by atoms with Gasteiger partial charge >= 0.3 is 0 Å². The molecule has 6 heteroatoms. The molecule has 0 aliphatic carbocycles. The number of amides is 1. The molecule has 0 aliphatic heterocycles. The normalized spacial score (nSPS) is 10.4. The van der Waals surface area contributed by atoms with Gasteiger partial charge in [0, 0.05) is 18.6 Å². The summed E-state index contributed by atoms with van der Waals surface area (Å²) in [5, 5.41) is 8.94. The molecule has 0 unspecified atom stereocenters. The second-order valence-corrected chi connectivity index (χ2v) is 5.13. The fraction of sp³-hybridized carbons (Fsp3) is 0.0714. The molecule has 0 atom stereocenters. The van der Waals surface area contributed by atoms with Crippen LogP contribution in [0.4, 0.5) is 5.69 Å². The number of nitrogens with one attached hydrogen (secondary N) is 1.